The molecule has 3 rings (SSSR count). The van der Waals surface area contributed by atoms with Crippen molar-refractivity contribution in [2.24, 2.45) is 10.2 Å². The van der Waals surface area contributed by atoms with Gasteiger partial charge < -0.3 is 5.11 Å². The average Bonchev–Trinajstić information content (AvgIpc) is 2.53. The lowest BCUT2D eigenvalue weighted by molar-refractivity contribution is 0.482. The van der Waals surface area contributed by atoms with Crippen LogP contribution in [0, 0.1) is 20.8 Å². The zero-order valence-electron chi connectivity index (χ0n) is 14.6. The van der Waals surface area contributed by atoms with Gasteiger partial charge in [0, 0.05) is 5.39 Å². The third-order valence-corrected chi connectivity index (χ3v) is 4.98. The zero-order chi connectivity index (χ0) is 19.1. The van der Waals surface area contributed by atoms with Crippen LogP contribution in [0.15, 0.2) is 57.6 Å². The molecule has 7 heteroatoms. The molecule has 0 saturated carbocycles. The number of aryl methyl sites for hydroxylation is 3. The predicted molar refractivity (Wildman–Crippen MR) is 100 cm³/mol. The minimum absolute atomic E-state index is 0.00954. The molecule has 0 aromatic heterocycles. The number of hydrogen-bond donors (Lipinski definition) is 2. The number of nitrogens with zero attached hydrogens (tertiary/aromatic N) is 2. The second-order valence-corrected chi connectivity index (χ2v) is 7.65. The van der Waals surface area contributed by atoms with Crippen molar-refractivity contribution in [3.05, 3.63) is 59.2 Å². The van der Waals surface area contributed by atoms with Gasteiger partial charge in [-0.15, -0.1) is 10.2 Å². The second-order valence-electron chi connectivity index (χ2n) is 6.26. The van der Waals surface area contributed by atoms with Gasteiger partial charge in [-0.05, 0) is 55.5 Å². The molecule has 0 spiro atoms. The Morgan fingerprint density at radius 3 is 2.23 bits per heavy atom. The summed E-state index contributed by atoms with van der Waals surface area (Å²) < 4.78 is 32.4. The van der Waals surface area contributed by atoms with E-state index < -0.39 is 10.1 Å². The first-order valence-corrected chi connectivity index (χ1v) is 9.33. The molecule has 0 bridgehead atoms. The molecule has 0 unspecified atom stereocenters. The minimum Gasteiger partial charge on any atom is -0.505 e. The maximum atomic E-state index is 11.5. The molecular weight excluding hydrogens is 352 g/mol. The van der Waals surface area contributed by atoms with Crippen molar-refractivity contribution in [3.8, 4) is 5.75 Å². The van der Waals surface area contributed by atoms with Crippen LogP contribution in [0.1, 0.15) is 16.7 Å². The Labute approximate surface area is 151 Å². The molecule has 0 saturated heterocycles. The van der Waals surface area contributed by atoms with Crippen LogP contribution in [0.5, 0.6) is 5.75 Å². The molecule has 0 radical (unpaired) electrons. The Morgan fingerprint density at radius 1 is 0.885 bits per heavy atom. The van der Waals surface area contributed by atoms with Gasteiger partial charge in [-0.2, -0.15) is 8.42 Å². The fourth-order valence-electron chi connectivity index (χ4n) is 2.79. The van der Waals surface area contributed by atoms with E-state index in [0.717, 1.165) is 16.5 Å². The molecule has 0 fully saturated rings. The largest absolute Gasteiger partial charge is 0.505 e. The summed E-state index contributed by atoms with van der Waals surface area (Å²) in [6.45, 7) is 5.53. The summed E-state index contributed by atoms with van der Waals surface area (Å²) in [5.41, 5.74) is 2.80. The molecular formula is C19H18N2O4S. The van der Waals surface area contributed by atoms with Crippen molar-refractivity contribution >= 4 is 32.3 Å². The monoisotopic (exact) mass is 370 g/mol. The number of hydrogen-bond acceptors (Lipinski definition) is 5. The highest BCUT2D eigenvalue weighted by Crippen LogP contribution is 2.39. The quantitative estimate of drug-likeness (QED) is 0.493. The third kappa shape index (κ3) is 3.44. The Bertz CT molecular complexity index is 1150. The third-order valence-electron chi connectivity index (χ3n) is 4.08. The maximum Gasteiger partial charge on any atom is 0.296 e. The number of phenols is 1. The van der Waals surface area contributed by atoms with Crippen LogP contribution in [0.3, 0.4) is 0 Å². The Kier molecular flexibility index (Phi) is 4.52. The van der Waals surface area contributed by atoms with Crippen LogP contribution in [0.25, 0.3) is 10.8 Å². The van der Waals surface area contributed by atoms with Gasteiger partial charge in [-0.1, -0.05) is 29.8 Å². The van der Waals surface area contributed by atoms with E-state index in [-0.39, 0.29) is 22.0 Å². The normalized spacial score (nSPS) is 12.2. The number of aromatic hydroxyl groups is 1. The summed E-state index contributed by atoms with van der Waals surface area (Å²) in [6.07, 6.45) is 0. The van der Waals surface area contributed by atoms with E-state index in [2.05, 4.69) is 10.2 Å². The molecule has 0 aliphatic rings. The summed E-state index contributed by atoms with van der Waals surface area (Å²) in [5, 5.41) is 20.1. The second kappa shape index (κ2) is 6.51. The summed E-state index contributed by atoms with van der Waals surface area (Å²) in [6, 6.07) is 11.9. The van der Waals surface area contributed by atoms with Crippen molar-refractivity contribution < 1.29 is 18.1 Å². The highest BCUT2D eigenvalue weighted by atomic mass is 32.2. The van der Waals surface area contributed by atoms with Crippen molar-refractivity contribution in [1.29, 1.82) is 0 Å². The predicted octanol–water partition coefficient (Wildman–Crippen LogP) is 5.13. The van der Waals surface area contributed by atoms with Gasteiger partial charge >= 0.3 is 0 Å². The molecule has 2 N–H and O–H groups in total. The van der Waals surface area contributed by atoms with Gasteiger partial charge in [0.1, 0.15) is 16.3 Å². The zero-order valence-corrected chi connectivity index (χ0v) is 15.4. The fourth-order valence-corrected chi connectivity index (χ4v) is 3.39. The van der Waals surface area contributed by atoms with Crippen LogP contribution in [-0.2, 0) is 10.1 Å². The fraction of sp³-hybridized carbons (Fsp3) is 0.158. The van der Waals surface area contributed by atoms with E-state index in [9.17, 15) is 18.1 Å². The smallest absolute Gasteiger partial charge is 0.296 e. The number of fused-ring (bicyclic) bond motifs is 1. The van der Waals surface area contributed by atoms with Crippen LogP contribution in [0.2, 0.25) is 0 Å². The van der Waals surface area contributed by atoms with E-state index in [1.54, 1.807) is 26.0 Å². The molecule has 3 aromatic rings. The lowest BCUT2D eigenvalue weighted by Crippen LogP contribution is -1.98. The molecule has 3 aromatic carbocycles. The van der Waals surface area contributed by atoms with Crippen LogP contribution in [-0.4, -0.2) is 18.1 Å². The first-order chi connectivity index (χ1) is 12.2. The van der Waals surface area contributed by atoms with E-state index in [1.165, 1.54) is 12.1 Å². The van der Waals surface area contributed by atoms with Crippen LogP contribution < -0.4 is 0 Å². The molecule has 6 nitrogen and oxygen atoms in total. The van der Waals surface area contributed by atoms with Crippen LogP contribution >= 0.6 is 0 Å². The van der Waals surface area contributed by atoms with Crippen molar-refractivity contribution in [3.63, 3.8) is 0 Å². The van der Waals surface area contributed by atoms with Crippen molar-refractivity contribution in [1.82, 2.24) is 0 Å². The molecule has 134 valence electrons. The van der Waals surface area contributed by atoms with Gasteiger partial charge in [0.05, 0.1) is 0 Å². The first-order valence-electron chi connectivity index (χ1n) is 7.89. The Morgan fingerprint density at radius 2 is 1.54 bits per heavy atom. The summed E-state index contributed by atoms with van der Waals surface area (Å²) in [4.78, 5) is -0.333. The SMILES string of the molecule is Cc1ccc(S(=O)(=O)O)c(N=Nc2c(C)cc3cc(C)ccc3c2O)c1. The molecule has 0 amide bonds. The van der Waals surface area contributed by atoms with E-state index >= 15 is 0 Å². The summed E-state index contributed by atoms with van der Waals surface area (Å²) >= 11 is 0. The van der Waals surface area contributed by atoms with E-state index in [4.69, 9.17) is 0 Å². The Hall–Kier alpha value is -2.77. The highest BCUT2D eigenvalue weighted by Gasteiger charge is 2.16. The first kappa shape index (κ1) is 18.0. The van der Waals surface area contributed by atoms with Crippen molar-refractivity contribution in [2.75, 3.05) is 0 Å². The van der Waals surface area contributed by atoms with E-state index in [0.29, 0.717) is 10.9 Å². The molecule has 0 heterocycles. The molecule has 0 atom stereocenters. The Balaban J connectivity index is 2.16. The molecule has 0 aliphatic carbocycles. The lowest BCUT2D eigenvalue weighted by Gasteiger charge is -2.08. The van der Waals surface area contributed by atoms with Gasteiger partial charge in [0.25, 0.3) is 10.1 Å². The minimum atomic E-state index is -4.43. The number of rotatable bonds is 3. The standard InChI is InChI=1S/C19H18N2O4S/c1-11-4-6-15-14(8-11)10-13(3)18(19(15)22)21-20-16-9-12(2)5-7-17(16)26(23,24)25/h4-10,22H,1-3H3,(H,23,24,25). The van der Waals surface area contributed by atoms with Crippen molar-refractivity contribution in [2.45, 2.75) is 25.7 Å². The van der Waals surface area contributed by atoms with Gasteiger partial charge in [0.2, 0.25) is 0 Å². The van der Waals surface area contributed by atoms with Gasteiger partial charge in [0.15, 0.2) is 5.75 Å². The maximum absolute atomic E-state index is 11.5. The molecule has 26 heavy (non-hydrogen) atoms. The van der Waals surface area contributed by atoms with E-state index in [1.807, 2.05) is 25.1 Å². The summed E-state index contributed by atoms with van der Waals surface area (Å²) in [5.74, 6) is -0.0233. The number of benzene rings is 3. The average molecular weight is 370 g/mol. The van der Waals surface area contributed by atoms with Crippen LogP contribution in [0.4, 0.5) is 11.4 Å². The number of phenolic OH excluding ortho intramolecular Hbond substituents is 1. The number of azo groups is 1. The highest BCUT2D eigenvalue weighted by molar-refractivity contribution is 7.86. The summed E-state index contributed by atoms with van der Waals surface area (Å²) in [7, 11) is -4.43. The molecule has 0 aliphatic heterocycles. The van der Waals surface area contributed by atoms with Gasteiger partial charge in [-0.25, -0.2) is 0 Å². The lowest BCUT2D eigenvalue weighted by atomic mass is 10.0. The topological polar surface area (TPSA) is 99.3 Å². The van der Waals surface area contributed by atoms with Gasteiger partial charge in [-0.3, -0.25) is 4.55 Å².